The Morgan fingerprint density at radius 1 is 1.36 bits per heavy atom. The van der Waals surface area contributed by atoms with Gasteiger partial charge in [-0.05, 0) is 44.9 Å². The van der Waals surface area contributed by atoms with Crippen molar-refractivity contribution >= 4 is 11.8 Å². The maximum absolute atomic E-state index is 11.5. The summed E-state index contributed by atoms with van der Waals surface area (Å²) in [4.78, 5) is 11.5. The molecule has 7 nitrogen and oxygen atoms in total. The molecule has 1 amide bonds. The molecular formula is C15H25N3O4. The van der Waals surface area contributed by atoms with Gasteiger partial charge in [-0.25, -0.2) is 4.79 Å². The van der Waals surface area contributed by atoms with Crippen LogP contribution in [0.4, 0.5) is 10.5 Å². The molecule has 0 aliphatic carbocycles. The van der Waals surface area contributed by atoms with Gasteiger partial charge in [0.25, 0.3) is 0 Å². The van der Waals surface area contributed by atoms with Crippen LogP contribution >= 0.6 is 0 Å². The number of benzene rings is 1. The molecule has 0 aliphatic rings. The lowest BCUT2D eigenvalue weighted by molar-refractivity contribution is 0.0123. The van der Waals surface area contributed by atoms with Crippen molar-refractivity contribution in [2.75, 3.05) is 12.0 Å². The van der Waals surface area contributed by atoms with Crippen LogP contribution in [-0.4, -0.2) is 34.6 Å². The van der Waals surface area contributed by atoms with Gasteiger partial charge in [0.05, 0.1) is 6.10 Å². The quantitative estimate of drug-likeness (QED) is 0.399. The minimum absolute atomic E-state index is 0.195. The highest BCUT2D eigenvalue weighted by Crippen LogP contribution is 2.21. The zero-order chi connectivity index (χ0) is 16.8. The maximum Gasteiger partial charge on any atom is 0.407 e. The topological polar surface area (TPSA) is 117 Å². The Morgan fingerprint density at radius 3 is 2.64 bits per heavy atom. The number of carbonyl (C=O) groups is 1. The minimum atomic E-state index is -1.06. The van der Waals surface area contributed by atoms with Gasteiger partial charge in [0, 0.05) is 12.2 Å². The summed E-state index contributed by atoms with van der Waals surface area (Å²) in [5.41, 5.74) is 3.08. The summed E-state index contributed by atoms with van der Waals surface area (Å²) in [6, 6.07) is 6.80. The van der Waals surface area contributed by atoms with Crippen molar-refractivity contribution in [3.8, 4) is 0 Å². The molecule has 0 spiro atoms. The number of ether oxygens (including phenoxy) is 1. The van der Waals surface area contributed by atoms with Crippen molar-refractivity contribution in [2.24, 2.45) is 5.84 Å². The minimum Gasteiger partial charge on any atom is -0.444 e. The second-order valence-corrected chi connectivity index (χ2v) is 6.00. The summed E-state index contributed by atoms with van der Waals surface area (Å²) in [5.74, 6) is 5.30. The van der Waals surface area contributed by atoms with E-state index in [0.717, 1.165) is 0 Å². The van der Waals surface area contributed by atoms with Crippen LogP contribution < -0.4 is 16.6 Å². The number of amides is 1. The Morgan fingerprint density at radius 2 is 2.05 bits per heavy atom. The monoisotopic (exact) mass is 311 g/mol. The van der Waals surface area contributed by atoms with E-state index in [2.05, 4.69) is 10.7 Å². The van der Waals surface area contributed by atoms with Crippen molar-refractivity contribution in [1.82, 2.24) is 5.32 Å². The number of alkyl carbamates (subject to hydrolysis) is 1. The molecule has 1 aromatic carbocycles. The van der Waals surface area contributed by atoms with E-state index in [4.69, 9.17) is 10.6 Å². The first kappa shape index (κ1) is 18.2. The lowest BCUT2D eigenvalue weighted by Crippen LogP contribution is -2.34. The van der Waals surface area contributed by atoms with Gasteiger partial charge in [-0.15, -0.1) is 0 Å². The first-order valence-electron chi connectivity index (χ1n) is 7.12. The van der Waals surface area contributed by atoms with Crippen molar-refractivity contribution < 1.29 is 19.7 Å². The molecule has 2 atom stereocenters. The largest absolute Gasteiger partial charge is 0.444 e. The van der Waals surface area contributed by atoms with Gasteiger partial charge >= 0.3 is 6.09 Å². The molecule has 0 fully saturated rings. The maximum atomic E-state index is 11.5. The van der Waals surface area contributed by atoms with E-state index in [9.17, 15) is 15.0 Å². The molecule has 0 heterocycles. The van der Waals surface area contributed by atoms with E-state index in [-0.39, 0.29) is 13.0 Å². The first-order valence-corrected chi connectivity index (χ1v) is 7.12. The van der Waals surface area contributed by atoms with Gasteiger partial charge < -0.3 is 25.7 Å². The fourth-order valence-electron chi connectivity index (χ4n) is 1.83. The number of hydrazine groups is 1. The van der Waals surface area contributed by atoms with Gasteiger partial charge in [-0.2, -0.15) is 0 Å². The van der Waals surface area contributed by atoms with Crippen LogP contribution in [-0.2, 0) is 4.74 Å². The molecule has 7 heteroatoms. The van der Waals surface area contributed by atoms with Gasteiger partial charge in [0.15, 0.2) is 0 Å². The fraction of sp³-hybridized carbons (Fsp3) is 0.533. The number of nitrogen functional groups attached to an aromatic ring is 1. The Labute approximate surface area is 130 Å². The van der Waals surface area contributed by atoms with Gasteiger partial charge in [-0.3, -0.25) is 5.84 Å². The normalized spacial score (nSPS) is 14.1. The number of nitrogens with one attached hydrogen (secondary N) is 2. The molecule has 0 aromatic heterocycles. The second-order valence-electron chi connectivity index (χ2n) is 6.00. The molecule has 124 valence electrons. The molecule has 1 aromatic rings. The molecule has 0 saturated heterocycles. The first-order chi connectivity index (χ1) is 10.2. The molecular weight excluding hydrogens is 286 g/mol. The average molecular weight is 311 g/mol. The van der Waals surface area contributed by atoms with Crippen LogP contribution in [0, 0.1) is 0 Å². The van der Waals surface area contributed by atoms with Crippen LogP contribution in [0.5, 0.6) is 0 Å². The summed E-state index contributed by atoms with van der Waals surface area (Å²) in [5, 5.41) is 22.6. The van der Waals surface area contributed by atoms with E-state index < -0.39 is 23.9 Å². The standard InChI is InChI=1S/C15H25N3O4/c1-15(2,3)22-14(21)17-8-7-12(19)13(20)10-5-4-6-11(9-10)18-16/h4-6,9,12-13,18-20H,7-8,16H2,1-3H3,(H,17,21). The summed E-state index contributed by atoms with van der Waals surface area (Å²) in [7, 11) is 0. The number of carbonyl (C=O) groups excluding carboxylic acids is 1. The average Bonchev–Trinajstić information content (AvgIpc) is 2.44. The highest BCUT2D eigenvalue weighted by atomic mass is 16.6. The number of aliphatic hydroxyl groups excluding tert-OH is 2. The zero-order valence-corrected chi connectivity index (χ0v) is 13.2. The molecule has 0 aliphatic heterocycles. The molecule has 22 heavy (non-hydrogen) atoms. The van der Waals surface area contributed by atoms with Crippen LogP contribution in [0.2, 0.25) is 0 Å². The molecule has 0 bridgehead atoms. The summed E-state index contributed by atoms with van der Waals surface area (Å²) in [6.07, 6.45) is -2.43. The summed E-state index contributed by atoms with van der Waals surface area (Å²) < 4.78 is 5.08. The fourth-order valence-corrected chi connectivity index (χ4v) is 1.83. The van der Waals surface area contributed by atoms with Crippen LogP contribution in [0.1, 0.15) is 38.9 Å². The smallest absolute Gasteiger partial charge is 0.407 e. The Balaban J connectivity index is 2.44. The van der Waals surface area contributed by atoms with Crippen molar-refractivity contribution in [2.45, 2.75) is 45.0 Å². The third-order valence-corrected chi connectivity index (χ3v) is 2.87. The van der Waals surface area contributed by atoms with Crippen LogP contribution in [0.15, 0.2) is 24.3 Å². The van der Waals surface area contributed by atoms with Crippen LogP contribution in [0.3, 0.4) is 0 Å². The van der Waals surface area contributed by atoms with Crippen molar-refractivity contribution in [3.05, 3.63) is 29.8 Å². The second kappa shape index (κ2) is 7.98. The van der Waals surface area contributed by atoms with E-state index >= 15 is 0 Å². The van der Waals surface area contributed by atoms with Crippen LogP contribution in [0.25, 0.3) is 0 Å². The van der Waals surface area contributed by atoms with Crippen molar-refractivity contribution in [3.63, 3.8) is 0 Å². The summed E-state index contributed by atoms with van der Waals surface area (Å²) in [6.45, 7) is 5.50. The SMILES string of the molecule is CC(C)(C)OC(=O)NCCC(O)C(O)c1cccc(NN)c1. The van der Waals surface area contributed by atoms with E-state index in [0.29, 0.717) is 11.3 Å². The predicted octanol–water partition coefficient (Wildman–Crippen LogP) is 1.28. The Bertz CT molecular complexity index is 488. The Hall–Kier alpha value is -1.83. The number of anilines is 1. The number of nitrogens with two attached hydrogens (primary N) is 1. The molecule has 6 N–H and O–H groups in total. The third-order valence-electron chi connectivity index (χ3n) is 2.87. The molecule has 2 unspecified atom stereocenters. The number of aliphatic hydroxyl groups is 2. The number of hydrogen-bond acceptors (Lipinski definition) is 6. The predicted molar refractivity (Wildman–Crippen MR) is 84.1 cm³/mol. The lowest BCUT2D eigenvalue weighted by atomic mass is 10.0. The Kier molecular flexibility index (Phi) is 6.61. The van der Waals surface area contributed by atoms with Gasteiger partial charge in [-0.1, -0.05) is 12.1 Å². The number of rotatable bonds is 6. The molecule has 1 rings (SSSR count). The summed E-state index contributed by atoms with van der Waals surface area (Å²) >= 11 is 0. The third kappa shape index (κ3) is 6.30. The van der Waals surface area contributed by atoms with Crippen molar-refractivity contribution in [1.29, 1.82) is 0 Å². The molecule has 0 radical (unpaired) electrons. The number of hydrogen-bond donors (Lipinski definition) is 5. The highest BCUT2D eigenvalue weighted by Gasteiger charge is 2.20. The zero-order valence-electron chi connectivity index (χ0n) is 13.2. The van der Waals surface area contributed by atoms with E-state index in [1.807, 2.05) is 0 Å². The van der Waals surface area contributed by atoms with E-state index in [1.54, 1.807) is 45.0 Å². The van der Waals surface area contributed by atoms with Gasteiger partial charge in [0.1, 0.15) is 11.7 Å². The van der Waals surface area contributed by atoms with E-state index in [1.165, 1.54) is 0 Å². The molecule has 0 saturated carbocycles. The highest BCUT2D eigenvalue weighted by molar-refractivity contribution is 5.67. The van der Waals surface area contributed by atoms with Gasteiger partial charge in [0.2, 0.25) is 0 Å². The lowest BCUT2D eigenvalue weighted by Gasteiger charge is -2.21.